The fourth-order valence-corrected chi connectivity index (χ4v) is 2.19. The van der Waals surface area contributed by atoms with E-state index < -0.39 is 6.10 Å². The molecule has 1 aliphatic carbocycles. The van der Waals surface area contributed by atoms with Crippen molar-refractivity contribution in [3.8, 4) is 0 Å². The van der Waals surface area contributed by atoms with Gasteiger partial charge in [0.2, 0.25) is 0 Å². The molecule has 1 aliphatic rings. The second-order valence-corrected chi connectivity index (χ2v) is 4.43. The van der Waals surface area contributed by atoms with Crippen molar-refractivity contribution in [1.29, 1.82) is 0 Å². The Morgan fingerprint density at radius 2 is 1.93 bits per heavy atom. The first-order valence-corrected chi connectivity index (χ1v) is 5.76. The van der Waals surface area contributed by atoms with Crippen LogP contribution in [0.4, 0.5) is 0 Å². The van der Waals surface area contributed by atoms with Gasteiger partial charge < -0.3 is 15.5 Å². The number of rotatable bonds is 5. The molecular weight excluding hydrogens is 178 g/mol. The highest BCUT2D eigenvalue weighted by Gasteiger charge is 2.19. The molecule has 0 bridgehead atoms. The largest absolute Gasteiger partial charge is 0.394 e. The first-order chi connectivity index (χ1) is 6.74. The molecule has 0 aromatic heterocycles. The van der Waals surface area contributed by atoms with Crippen LogP contribution in [0.5, 0.6) is 0 Å². The van der Waals surface area contributed by atoms with E-state index in [1.165, 1.54) is 32.1 Å². The van der Waals surface area contributed by atoms with Gasteiger partial charge in [0.15, 0.2) is 0 Å². The Labute approximate surface area is 86.5 Å². The summed E-state index contributed by atoms with van der Waals surface area (Å²) in [6, 6.07) is 0.469. The molecule has 14 heavy (non-hydrogen) atoms. The van der Waals surface area contributed by atoms with Crippen LogP contribution in [0.3, 0.4) is 0 Å². The van der Waals surface area contributed by atoms with Crippen molar-refractivity contribution in [3.05, 3.63) is 0 Å². The predicted molar refractivity (Wildman–Crippen MR) is 57.1 cm³/mol. The molecule has 1 rings (SSSR count). The van der Waals surface area contributed by atoms with E-state index in [1.807, 2.05) is 0 Å². The summed E-state index contributed by atoms with van der Waals surface area (Å²) in [5.74, 6) is 0.759. The maximum Gasteiger partial charge on any atom is 0.0895 e. The average molecular weight is 201 g/mol. The Bertz CT molecular complexity index is 146. The summed E-state index contributed by atoms with van der Waals surface area (Å²) in [6.45, 7) is 2.54. The molecule has 3 N–H and O–H groups in total. The number of nitrogens with one attached hydrogen (secondary N) is 1. The zero-order chi connectivity index (χ0) is 10.4. The molecule has 0 amide bonds. The fraction of sp³-hybridized carbons (Fsp3) is 1.00. The van der Waals surface area contributed by atoms with Crippen molar-refractivity contribution in [2.24, 2.45) is 5.92 Å². The smallest absolute Gasteiger partial charge is 0.0895 e. The van der Waals surface area contributed by atoms with Crippen molar-refractivity contribution in [2.75, 3.05) is 13.2 Å². The Morgan fingerprint density at radius 3 is 2.50 bits per heavy atom. The molecule has 2 unspecified atom stereocenters. The van der Waals surface area contributed by atoms with Gasteiger partial charge in [-0.2, -0.15) is 0 Å². The lowest BCUT2D eigenvalue weighted by Crippen LogP contribution is -2.40. The van der Waals surface area contributed by atoms with E-state index in [4.69, 9.17) is 5.11 Å². The topological polar surface area (TPSA) is 52.5 Å². The second-order valence-electron chi connectivity index (χ2n) is 4.43. The number of hydrogen-bond donors (Lipinski definition) is 3. The maximum atomic E-state index is 9.19. The molecule has 1 fully saturated rings. The Morgan fingerprint density at radius 1 is 1.29 bits per heavy atom. The average Bonchev–Trinajstić information content (AvgIpc) is 2.26. The predicted octanol–water partition coefficient (Wildman–Crippen LogP) is 0.898. The Balaban J connectivity index is 2.16. The van der Waals surface area contributed by atoms with Gasteiger partial charge >= 0.3 is 0 Å². The maximum absolute atomic E-state index is 9.19. The van der Waals surface area contributed by atoms with Crippen molar-refractivity contribution >= 4 is 0 Å². The fourth-order valence-electron chi connectivity index (χ4n) is 2.19. The van der Waals surface area contributed by atoms with E-state index in [0.29, 0.717) is 12.6 Å². The van der Waals surface area contributed by atoms with Gasteiger partial charge in [0.25, 0.3) is 0 Å². The molecule has 0 aromatic carbocycles. The summed E-state index contributed by atoms with van der Waals surface area (Å²) in [7, 11) is 0. The monoisotopic (exact) mass is 201 g/mol. The van der Waals surface area contributed by atoms with Gasteiger partial charge in [0.05, 0.1) is 12.7 Å². The lowest BCUT2D eigenvalue weighted by Gasteiger charge is -2.28. The SMILES string of the molecule is CC(NCC(O)CO)C1CCCCC1. The van der Waals surface area contributed by atoms with E-state index in [9.17, 15) is 5.11 Å². The molecule has 0 saturated heterocycles. The van der Waals surface area contributed by atoms with Crippen LogP contribution in [-0.4, -0.2) is 35.5 Å². The lowest BCUT2D eigenvalue weighted by molar-refractivity contribution is 0.0890. The lowest BCUT2D eigenvalue weighted by atomic mass is 9.84. The third-order valence-electron chi connectivity index (χ3n) is 3.24. The van der Waals surface area contributed by atoms with E-state index in [-0.39, 0.29) is 6.61 Å². The minimum absolute atomic E-state index is 0.148. The standard InChI is InChI=1S/C11H23NO2/c1-9(12-7-11(14)8-13)10-5-3-2-4-6-10/h9-14H,2-8H2,1H3. The summed E-state index contributed by atoms with van der Waals surface area (Å²) in [4.78, 5) is 0. The number of hydrogen-bond acceptors (Lipinski definition) is 3. The third-order valence-corrected chi connectivity index (χ3v) is 3.24. The van der Waals surface area contributed by atoms with Crippen LogP contribution in [-0.2, 0) is 0 Å². The normalized spacial score (nSPS) is 23.4. The van der Waals surface area contributed by atoms with Crippen LogP contribution < -0.4 is 5.32 Å². The molecule has 0 heterocycles. The Kier molecular flexibility index (Phi) is 5.45. The molecule has 3 nitrogen and oxygen atoms in total. The van der Waals surface area contributed by atoms with E-state index in [0.717, 1.165) is 5.92 Å². The molecule has 0 aromatic rings. The van der Waals surface area contributed by atoms with E-state index in [1.54, 1.807) is 0 Å². The summed E-state index contributed by atoms with van der Waals surface area (Å²) in [5, 5.41) is 21.2. The second kappa shape index (κ2) is 6.38. The van der Waals surface area contributed by atoms with Crippen molar-refractivity contribution in [1.82, 2.24) is 5.32 Å². The first-order valence-electron chi connectivity index (χ1n) is 5.76. The van der Waals surface area contributed by atoms with Crippen LogP contribution >= 0.6 is 0 Å². The van der Waals surface area contributed by atoms with Crippen LogP contribution in [0.15, 0.2) is 0 Å². The van der Waals surface area contributed by atoms with Gasteiger partial charge in [-0.15, -0.1) is 0 Å². The summed E-state index contributed by atoms with van der Waals surface area (Å²) >= 11 is 0. The minimum atomic E-state index is -0.610. The summed E-state index contributed by atoms with van der Waals surface area (Å²) < 4.78 is 0. The van der Waals surface area contributed by atoms with Gasteiger partial charge in [0, 0.05) is 12.6 Å². The molecule has 1 saturated carbocycles. The molecule has 2 atom stereocenters. The van der Waals surface area contributed by atoms with Gasteiger partial charge in [-0.3, -0.25) is 0 Å². The minimum Gasteiger partial charge on any atom is -0.394 e. The summed E-state index contributed by atoms with van der Waals surface area (Å²) in [5.41, 5.74) is 0. The van der Waals surface area contributed by atoms with Crippen molar-refractivity contribution < 1.29 is 10.2 Å². The summed E-state index contributed by atoms with van der Waals surface area (Å²) in [6.07, 6.45) is 6.08. The first kappa shape index (κ1) is 12.0. The molecule has 3 heteroatoms. The van der Waals surface area contributed by atoms with Gasteiger partial charge in [-0.05, 0) is 25.7 Å². The number of aliphatic hydroxyl groups excluding tert-OH is 2. The molecular formula is C11H23NO2. The molecule has 84 valence electrons. The van der Waals surface area contributed by atoms with Gasteiger partial charge in [-0.25, -0.2) is 0 Å². The highest BCUT2D eigenvalue weighted by Crippen LogP contribution is 2.26. The molecule has 0 radical (unpaired) electrons. The van der Waals surface area contributed by atoms with Crippen LogP contribution in [0.2, 0.25) is 0 Å². The van der Waals surface area contributed by atoms with Gasteiger partial charge in [-0.1, -0.05) is 19.3 Å². The van der Waals surface area contributed by atoms with Crippen molar-refractivity contribution in [2.45, 2.75) is 51.2 Å². The van der Waals surface area contributed by atoms with Gasteiger partial charge in [0.1, 0.15) is 0 Å². The molecule has 0 spiro atoms. The zero-order valence-electron chi connectivity index (χ0n) is 9.08. The van der Waals surface area contributed by atoms with E-state index >= 15 is 0 Å². The van der Waals surface area contributed by atoms with Crippen molar-refractivity contribution in [3.63, 3.8) is 0 Å². The quantitative estimate of drug-likeness (QED) is 0.619. The van der Waals surface area contributed by atoms with Crippen LogP contribution in [0, 0.1) is 5.92 Å². The highest BCUT2D eigenvalue weighted by atomic mass is 16.3. The molecule has 0 aliphatic heterocycles. The van der Waals surface area contributed by atoms with E-state index in [2.05, 4.69) is 12.2 Å². The Hall–Kier alpha value is -0.120. The van der Waals surface area contributed by atoms with Crippen LogP contribution in [0.1, 0.15) is 39.0 Å². The zero-order valence-corrected chi connectivity index (χ0v) is 9.08. The third kappa shape index (κ3) is 3.95. The number of aliphatic hydroxyl groups is 2. The highest BCUT2D eigenvalue weighted by molar-refractivity contribution is 4.76. The van der Waals surface area contributed by atoms with Crippen LogP contribution in [0.25, 0.3) is 0 Å².